The predicted octanol–water partition coefficient (Wildman–Crippen LogP) is 4.72. The molecule has 0 amide bonds. The third kappa shape index (κ3) is 5.38. The molecular formula is C28H33NO7S. The molecule has 2 aliphatic rings. The van der Waals surface area contributed by atoms with Crippen LogP contribution in [0.25, 0.3) is 0 Å². The zero-order valence-corrected chi connectivity index (χ0v) is 22.7. The Balaban J connectivity index is 1.83. The first kappa shape index (κ1) is 26.8. The van der Waals surface area contributed by atoms with Gasteiger partial charge in [-0.05, 0) is 37.8 Å². The zero-order chi connectivity index (χ0) is 26.5. The Bertz CT molecular complexity index is 1220. The summed E-state index contributed by atoms with van der Waals surface area (Å²) < 4.78 is 27.7. The largest absolute Gasteiger partial charge is 0.496 e. The minimum absolute atomic E-state index is 0.0129. The highest BCUT2D eigenvalue weighted by Gasteiger charge is 2.43. The van der Waals surface area contributed by atoms with Gasteiger partial charge in [0.2, 0.25) is 0 Å². The van der Waals surface area contributed by atoms with E-state index in [1.807, 2.05) is 25.3 Å². The number of Topliss-reactive ketones (excluding diaryl/α,β-unsaturated/α-hetero) is 1. The number of ether oxygens (including phenoxy) is 5. The van der Waals surface area contributed by atoms with E-state index in [1.165, 1.54) is 4.88 Å². The molecule has 0 unspecified atom stereocenters. The summed E-state index contributed by atoms with van der Waals surface area (Å²) in [5.41, 5.74) is 3.01. The van der Waals surface area contributed by atoms with E-state index in [9.17, 15) is 9.59 Å². The van der Waals surface area contributed by atoms with Gasteiger partial charge in [0.25, 0.3) is 0 Å². The van der Waals surface area contributed by atoms with Crippen LogP contribution in [-0.4, -0.2) is 52.9 Å². The number of hydrogen-bond donors (Lipinski definition) is 1. The van der Waals surface area contributed by atoms with E-state index in [-0.39, 0.29) is 18.3 Å². The number of carbonyl (C=O) groups excluding carboxylic acids is 2. The van der Waals surface area contributed by atoms with Gasteiger partial charge in [-0.25, -0.2) is 4.79 Å². The number of methoxy groups -OCH3 is 3. The summed E-state index contributed by atoms with van der Waals surface area (Å²) in [5, 5.41) is 5.40. The van der Waals surface area contributed by atoms with Crippen molar-refractivity contribution in [2.45, 2.75) is 38.5 Å². The van der Waals surface area contributed by atoms with E-state index >= 15 is 0 Å². The minimum Gasteiger partial charge on any atom is -0.496 e. The van der Waals surface area contributed by atoms with Crippen molar-refractivity contribution in [1.82, 2.24) is 5.32 Å². The molecule has 0 saturated carbocycles. The molecule has 1 aliphatic heterocycles. The lowest BCUT2D eigenvalue weighted by atomic mass is 9.72. The molecule has 0 fully saturated rings. The van der Waals surface area contributed by atoms with Gasteiger partial charge in [-0.2, -0.15) is 0 Å². The molecular weight excluding hydrogens is 494 g/mol. The van der Waals surface area contributed by atoms with Crippen LogP contribution < -0.4 is 19.5 Å². The normalized spacial score (nSPS) is 19.3. The number of rotatable bonds is 10. The first-order chi connectivity index (χ1) is 17.9. The summed E-state index contributed by atoms with van der Waals surface area (Å²) in [7, 11) is 4.64. The molecule has 37 heavy (non-hydrogen) atoms. The molecule has 0 bridgehead atoms. The molecule has 8 nitrogen and oxygen atoms in total. The van der Waals surface area contributed by atoms with Crippen LogP contribution in [0.5, 0.6) is 17.2 Å². The van der Waals surface area contributed by atoms with Crippen LogP contribution in [0, 0.1) is 0 Å². The Labute approximate surface area is 221 Å². The first-order valence-electron chi connectivity index (χ1n) is 12.3. The molecule has 2 heterocycles. The molecule has 1 aromatic heterocycles. The fraction of sp³-hybridized carbons (Fsp3) is 0.429. The van der Waals surface area contributed by atoms with Crippen LogP contribution >= 0.6 is 11.3 Å². The van der Waals surface area contributed by atoms with Crippen molar-refractivity contribution in [1.29, 1.82) is 0 Å². The average molecular weight is 528 g/mol. The predicted molar refractivity (Wildman–Crippen MR) is 140 cm³/mol. The van der Waals surface area contributed by atoms with Crippen LogP contribution in [0.3, 0.4) is 0 Å². The maximum Gasteiger partial charge on any atom is 0.336 e. The molecule has 0 spiro atoms. The fourth-order valence-electron chi connectivity index (χ4n) is 5.04. The number of carbonyl (C=O) groups is 2. The molecule has 9 heteroatoms. The summed E-state index contributed by atoms with van der Waals surface area (Å²) in [4.78, 5) is 28.4. The number of nitrogens with one attached hydrogen (secondary N) is 1. The molecule has 0 radical (unpaired) electrons. The average Bonchev–Trinajstić information content (AvgIpc) is 3.44. The monoisotopic (exact) mass is 527 g/mol. The quantitative estimate of drug-likeness (QED) is 0.351. The molecule has 1 aliphatic carbocycles. The van der Waals surface area contributed by atoms with Crippen LogP contribution in [-0.2, 0) is 19.1 Å². The summed E-state index contributed by atoms with van der Waals surface area (Å²) in [6.45, 7) is 4.65. The third-order valence-electron chi connectivity index (χ3n) is 6.70. The van der Waals surface area contributed by atoms with Crippen LogP contribution in [0.4, 0.5) is 0 Å². The van der Waals surface area contributed by atoms with Gasteiger partial charge < -0.3 is 29.0 Å². The molecule has 4 rings (SSSR count). The van der Waals surface area contributed by atoms with Crippen molar-refractivity contribution in [2.24, 2.45) is 0 Å². The number of dihydropyridines is 1. The Morgan fingerprint density at radius 2 is 1.78 bits per heavy atom. The molecule has 2 aromatic rings. The molecule has 1 N–H and O–H groups in total. The lowest BCUT2D eigenvalue weighted by molar-refractivity contribution is -0.140. The van der Waals surface area contributed by atoms with Crippen molar-refractivity contribution in [2.75, 3.05) is 41.2 Å². The van der Waals surface area contributed by atoms with E-state index in [0.717, 1.165) is 5.70 Å². The number of benzene rings is 1. The highest BCUT2D eigenvalue weighted by atomic mass is 32.1. The molecule has 198 valence electrons. The van der Waals surface area contributed by atoms with Gasteiger partial charge in [0.05, 0.1) is 39.4 Å². The number of ketones is 1. The number of hydrogen-bond acceptors (Lipinski definition) is 9. The molecule has 2 atom stereocenters. The second-order valence-electron chi connectivity index (χ2n) is 8.81. The van der Waals surface area contributed by atoms with Gasteiger partial charge in [0.15, 0.2) is 17.3 Å². The second-order valence-corrected chi connectivity index (χ2v) is 9.79. The van der Waals surface area contributed by atoms with Gasteiger partial charge in [-0.15, -0.1) is 11.3 Å². The molecule has 0 saturated heterocycles. The Morgan fingerprint density at radius 1 is 1.05 bits per heavy atom. The summed E-state index contributed by atoms with van der Waals surface area (Å²) in [6, 6.07) is 7.56. The second kappa shape index (κ2) is 11.8. The van der Waals surface area contributed by atoms with Gasteiger partial charge in [-0.3, -0.25) is 4.79 Å². The highest BCUT2D eigenvalue weighted by Crippen LogP contribution is 2.50. The van der Waals surface area contributed by atoms with E-state index in [4.69, 9.17) is 23.7 Å². The maximum atomic E-state index is 13.8. The summed E-state index contributed by atoms with van der Waals surface area (Å²) in [5.74, 6) is 0.312. The fourth-order valence-corrected chi connectivity index (χ4v) is 5.87. The Morgan fingerprint density at radius 3 is 2.43 bits per heavy atom. The van der Waals surface area contributed by atoms with E-state index in [1.54, 1.807) is 44.8 Å². The third-order valence-corrected chi connectivity index (χ3v) is 7.74. The first-order valence-corrected chi connectivity index (χ1v) is 13.1. The van der Waals surface area contributed by atoms with Crippen molar-refractivity contribution in [3.05, 3.63) is 62.6 Å². The van der Waals surface area contributed by atoms with Crippen molar-refractivity contribution in [3.63, 3.8) is 0 Å². The van der Waals surface area contributed by atoms with Gasteiger partial charge in [0.1, 0.15) is 12.4 Å². The number of thiophene rings is 1. The smallest absolute Gasteiger partial charge is 0.336 e. The van der Waals surface area contributed by atoms with Crippen LogP contribution in [0.15, 0.2) is 52.2 Å². The van der Waals surface area contributed by atoms with Crippen molar-refractivity contribution < 1.29 is 33.3 Å². The maximum absolute atomic E-state index is 13.8. The van der Waals surface area contributed by atoms with Gasteiger partial charge in [0, 0.05) is 52.4 Å². The Kier molecular flexibility index (Phi) is 8.56. The van der Waals surface area contributed by atoms with Crippen molar-refractivity contribution >= 4 is 23.1 Å². The van der Waals surface area contributed by atoms with Crippen LogP contribution in [0.1, 0.15) is 49.0 Å². The lowest BCUT2D eigenvalue weighted by Crippen LogP contribution is -2.36. The molecule has 1 aromatic carbocycles. The number of esters is 1. The SMILES string of the molecule is CCOCCOC(=O)C1=C(C)NC2=C(C(=O)C[C@H](c3cccs3)C2)[C@@H]1c1cc(OC)c(OC)cc1OC. The van der Waals surface area contributed by atoms with E-state index in [2.05, 4.69) is 11.4 Å². The highest BCUT2D eigenvalue weighted by molar-refractivity contribution is 7.10. The number of allylic oxidation sites excluding steroid dienone is 3. The standard InChI is InChI=1S/C28H33NO7S/c1-6-35-9-10-36-28(31)25-16(2)29-19-12-17(24-8-7-11-37-24)13-20(30)27(19)26(25)18-14-22(33-4)23(34-5)15-21(18)32-3/h7-8,11,14-15,17,26,29H,6,9-10,12-13H2,1-5H3/t17-,26-/m1/s1. The van der Waals surface area contributed by atoms with Gasteiger partial charge in [-0.1, -0.05) is 6.07 Å². The zero-order valence-electron chi connectivity index (χ0n) is 21.8. The van der Waals surface area contributed by atoms with Crippen molar-refractivity contribution in [3.8, 4) is 17.2 Å². The Hall–Kier alpha value is -3.30. The minimum atomic E-state index is -0.692. The lowest BCUT2D eigenvalue weighted by Gasteiger charge is -2.37. The van der Waals surface area contributed by atoms with Crippen LogP contribution in [0.2, 0.25) is 0 Å². The summed E-state index contributed by atoms with van der Waals surface area (Å²) in [6.07, 6.45) is 1.02. The van der Waals surface area contributed by atoms with Gasteiger partial charge >= 0.3 is 5.97 Å². The van der Waals surface area contributed by atoms with E-state index in [0.29, 0.717) is 65.7 Å². The van der Waals surface area contributed by atoms with E-state index < -0.39 is 11.9 Å². The topological polar surface area (TPSA) is 92.3 Å². The summed E-state index contributed by atoms with van der Waals surface area (Å²) >= 11 is 1.65.